The molecule has 0 atom stereocenters. The first-order valence-corrected chi connectivity index (χ1v) is 7.29. The van der Waals surface area contributed by atoms with E-state index in [4.69, 9.17) is 10.5 Å². The Morgan fingerprint density at radius 3 is 2.76 bits per heavy atom. The number of aromatic nitrogens is 2. The van der Waals surface area contributed by atoms with Crippen molar-refractivity contribution in [1.82, 2.24) is 9.97 Å². The molecule has 0 bridgehead atoms. The summed E-state index contributed by atoms with van der Waals surface area (Å²) in [6, 6.07) is 1.94. The van der Waals surface area contributed by atoms with Crippen molar-refractivity contribution in [2.45, 2.75) is 26.4 Å². The Kier molecular flexibility index (Phi) is 5.32. The van der Waals surface area contributed by atoms with Crippen LogP contribution in [-0.2, 0) is 16.1 Å². The Bertz CT molecular complexity index is 462. The smallest absolute Gasteiger partial charge is 0.220 e. The van der Waals surface area contributed by atoms with Gasteiger partial charge in [0.1, 0.15) is 18.2 Å². The summed E-state index contributed by atoms with van der Waals surface area (Å²) in [5, 5.41) is 3.21. The molecule has 21 heavy (non-hydrogen) atoms. The van der Waals surface area contributed by atoms with Crippen LogP contribution in [0.3, 0.4) is 0 Å². The van der Waals surface area contributed by atoms with Gasteiger partial charge < -0.3 is 20.7 Å². The monoisotopic (exact) mass is 293 g/mol. The molecule has 3 N–H and O–H groups in total. The van der Waals surface area contributed by atoms with Crippen molar-refractivity contribution < 1.29 is 9.53 Å². The van der Waals surface area contributed by atoms with Crippen LogP contribution >= 0.6 is 0 Å². The first kappa shape index (κ1) is 15.5. The molecule has 1 amide bonds. The number of carbonyl (C=O) groups excluding carboxylic acids is 1. The summed E-state index contributed by atoms with van der Waals surface area (Å²) in [7, 11) is 1.63. The molecule has 7 heteroatoms. The number of amides is 1. The van der Waals surface area contributed by atoms with Gasteiger partial charge in [0.2, 0.25) is 5.91 Å². The first-order valence-electron chi connectivity index (χ1n) is 7.29. The highest BCUT2D eigenvalue weighted by molar-refractivity contribution is 5.77. The van der Waals surface area contributed by atoms with Crippen molar-refractivity contribution in [3.8, 4) is 0 Å². The molecule has 1 fully saturated rings. The lowest BCUT2D eigenvalue weighted by Crippen LogP contribution is -2.39. The van der Waals surface area contributed by atoms with Crippen LogP contribution in [0.4, 0.5) is 11.6 Å². The molecule has 2 heterocycles. The Hall–Kier alpha value is -1.89. The molecule has 2 rings (SSSR count). The van der Waals surface area contributed by atoms with Gasteiger partial charge in [0, 0.05) is 38.7 Å². The van der Waals surface area contributed by atoms with E-state index in [0.717, 1.165) is 44.1 Å². The topological polar surface area (TPSA) is 93.4 Å². The molecular formula is C14H23N5O2. The molecule has 1 aromatic rings. The first-order chi connectivity index (χ1) is 10.1. The van der Waals surface area contributed by atoms with Crippen molar-refractivity contribution in [1.29, 1.82) is 0 Å². The van der Waals surface area contributed by atoms with Gasteiger partial charge in [-0.3, -0.25) is 4.79 Å². The maximum atomic E-state index is 11.2. The maximum absolute atomic E-state index is 11.2. The third-order valence-corrected chi connectivity index (χ3v) is 3.61. The van der Waals surface area contributed by atoms with Gasteiger partial charge >= 0.3 is 0 Å². The highest BCUT2D eigenvalue weighted by Gasteiger charge is 2.24. The normalized spacial score (nSPS) is 16.0. The van der Waals surface area contributed by atoms with Gasteiger partial charge in [-0.2, -0.15) is 0 Å². The number of rotatable bonds is 6. The molecule has 0 aromatic carbocycles. The van der Waals surface area contributed by atoms with Gasteiger partial charge in [0.05, 0.1) is 0 Å². The van der Waals surface area contributed by atoms with Gasteiger partial charge in [-0.05, 0) is 19.8 Å². The number of nitrogens with two attached hydrogens (primary N) is 1. The number of hydrogen-bond acceptors (Lipinski definition) is 6. The molecule has 1 aliphatic heterocycles. The zero-order valence-corrected chi connectivity index (χ0v) is 12.6. The van der Waals surface area contributed by atoms with Crippen LogP contribution in [0, 0.1) is 5.92 Å². The Balaban J connectivity index is 2.13. The van der Waals surface area contributed by atoms with E-state index in [-0.39, 0.29) is 11.8 Å². The second-order valence-electron chi connectivity index (χ2n) is 5.15. The summed E-state index contributed by atoms with van der Waals surface area (Å²) < 4.78 is 5.12. The van der Waals surface area contributed by atoms with Crippen LogP contribution in [0.2, 0.25) is 0 Å². The Morgan fingerprint density at radius 1 is 1.48 bits per heavy atom. The number of anilines is 2. The van der Waals surface area contributed by atoms with E-state index in [1.54, 1.807) is 7.11 Å². The lowest BCUT2D eigenvalue weighted by molar-refractivity contribution is -0.122. The van der Waals surface area contributed by atoms with Crippen LogP contribution in [0.25, 0.3) is 0 Å². The second kappa shape index (κ2) is 7.21. The van der Waals surface area contributed by atoms with Crippen LogP contribution in [0.1, 0.15) is 25.6 Å². The molecule has 7 nitrogen and oxygen atoms in total. The highest BCUT2D eigenvalue weighted by Crippen LogP contribution is 2.23. The molecule has 0 radical (unpaired) electrons. The molecule has 0 spiro atoms. The van der Waals surface area contributed by atoms with Gasteiger partial charge in [0.25, 0.3) is 0 Å². The maximum Gasteiger partial charge on any atom is 0.220 e. The summed E-state index contributed by atoms with van der Waals surface area (Å²) in [6.07, 6.45) is 1.55. The number of methoxy groups -OCH3 is 1. The summed E-state index contributed by atoms with van der Waals surface area (Å²) in [5.41, 5.74) is 5.37. The van der Waals surface area contributed by atoms with Crippen molar-refractivity contribution in [2.24, 2.45) is 11.7 Å². The molecule has 0 unspecified atom stereocenters. The third-order valence-electron chi connectivity index (χ3n) is 3.61. The fourth-order valence-corrected chi connectivity index (χ4v) is 2.50. The van der Waals surface area contributed by atoms with Crippen LogP contribution in [-0.4, -0.2) is 42.6 Å². The van der Waals surface area contributed by atoms with Crippen LogP contribution in [0.5, 0.6) is 0 Å². The zero-order chi connectivity index (χ0) is 15.2. The van der Waals surface area contributed by atoms with Crippen molar-refractivity contribution in [2.75, 3.05) is 37.0 Å². The number of hydrogen-bond donors (Lipinski definition) is 2. The summed E-state index contributed by atoms with van der Waals surface area (Å²) in [5.74, 6) is 2.10. The van der Waals surface area contributed by atoms with Crippen LogP contribution in [0.15, 0.2) is 6.07 Å². The number of primary amides is 1. The lowest BCUT2D eigenvalue weighted by Gasteiger charge is -2.31. The zero-order valence-electron chi connectivity index (χ0n) is 12.6. The van der Waals surface area contributed by atoms with Crippen molar-refractivity contribution in [3.05, 3.63) is 11.9 Å². The van der Waals surface area contributed by atoms with E-state index in [1.165, 1.54) is 0 Å². The second-order valence-corrected chi connectivity index (χ2v) is 5.15. The van der Waals surface area contributed by atoms with Crippen molar-refractivity contribution in [3.63, 3.8) is 0 Å². The van der Waals surface area contributed by atoms with Gasteiger partial charge in [0.15, 0.2) is 5.82 Å². The average molecular weight is 293 g/mol. The molecule has 1 aromatic heterocycles. The standard InChI is InChI=1S/C14H23N5O2/c1-3-16-11-8-13(18-12(17-11)9-21-2)19-6-4-10(5-7-19)14(15)20/h8,10H,3-7,9H2,1-2H3,(H2,15,20)(H,16,17,18). The van der Waals surface area contributed by atoms with Gasteiger partial charge in [-0.15, -0.1) is 0 Å². The molecular weight excluding hydrogens is 270 g/mol. The number of nitrogens with one attached hydrogen (secondary N) is 1. The summed E-state index contributed by atoms with van der Waals surface area (Å²) >= 11 is 0. The minimum atomic E-state index is -0.203. The number of piperidine rings is 1. The third kappa shape index (κ3) is 4.04. The van der Waals surface area contributed by atoms with Crippen molar-refractivity contribution >= 4 is 17.5 Å². The lowest BCUT2D eigenvalue weighted by atomic mass is 9.96. The fourth-order valence-electron chi connectivity index (χ4n) is 2.50. The largest absolute Gasteiger partial charge is 0.377 e. The summed E-state index contributed by atoms with van der Waals surface area (Å²) in [6.45, 7) is 4.76. The van der Waals surface area contributed by atoms with E-state index in [0.29, 0.717) is 12.4 Å². The average Bonchev–Trinajstić information content (AvgIpc) is 2.48. The number of carbonyl (C=O) groups is 1. The number of ether oxygens (including phenoxy) is 1. The van der Waals surface area contributed by atoms with Crippen LogP contribution < -0.4 is 16.0 Å². The highest BCUT2D eigenvalue weighted by atomic mass is 16.5. The van der Waals surface area contributed by atoms with E-state index in [1.807, 2.05) is 13.0 Å². The van der Waals surface area contributed by atoms with Gasteiger partial charge in [-0.1, -0.05) is 0 Å². The fraction of sp³-hybridized carbons (Fsp3) is 0.643. The predicted octanol–water partition coefficient (Wildman–Crippen LogP) is 0.756. The molecule has 1 saturated heterocycles. The Labute approximate surface area is 124 Å². The van der Waals surface area contributed by atoms with E-state index >= 15 is 0 Å². The van der Waals surface area contributed by atoms with E-state index in [9.17, 15) is 4.79 Å². The molecule has 1 aliphatic rings. The Morgan fingerprint density at radius 2 is 2.19 bits per heavy atom. The van der Waals surface area contributed by atoms with Gasteiger partial charge in [-0.25, -0.2) is 9.97 Å². The van der Waals surface area contributed by atoms with E-state index in [2.05, 4.69) is 20.2 Å². The minimum Gasteiger partial charge on any atom is -0.377 e. The summed E-state index contributed by atoms with van der Waals surface area (Å²) in [4.78, 5) is 22.3. The quantitative estimate of drug-likeness (QED) is 0.804. The molecule has 116 valence electrons. The molecule has 0 saturated carbocycles. The SMILES string of the molecule is CCNc1cc(N2CCC(C(N)=O)CC2)nc(COC)n1. The number of nitrogens with zero attached hydrogens (tertiary/aromatic N) is 3. The predicted molar refractivity (Wildman–Crippen MR) is 81.0 cm³/mol. The molecule has 0 aliphatic carbocycles. The van der Waals surface area contributed by atoms with E-state index < -0.39 is 0 Å². The minimum absolute atomic E-state index is 0.0187.